The summed E-state index contributed by atoms with van der Waals surface area (Å²) in [7, 11) is -3.70. The van der Waals surface area contributed by atoms with Crippen LogP contribution in [0.15, 0.2) is 59.8 Å². The van der Waals surface area contributed by atoms with Crippen molar-refractivity contribution in [2.45, 2.75) is 43.9 Å². The van der Waals surface area contributed by atoms with Crippen molar-refractivity contribution >= 4 is 44.2 Å². The van der Waals surface area contributed by atoms with E-state index in [9.17, 15) is 18.0 Å². The van der Waals surface area contributed by atoms with E-state index in [2.05, 4.69) is 25.5 Å². The fourth-order valence-corrected chi connectivity index (χ4v) is 6.56. The molecule has 2 atom stereocenters. The molecule has 1 aromatic carbocycles. The lowest BCUT2D eigenvalue weighted by Crippen LogP contribution is -2.46. The van der Waals surface area contributed by atoms with Gasteiger partial charge >= 0.3 is 0 Å². The zero-order chi connectivity index (χ0) is 29.4. The van der Waals surface area contributed by atoms with Crippen LogP contribution >= 0.6 is 0 Å². The minimum Gasteiger partial charge on any atom is -0.372 e. The van der Waals surface area contributed by atoms with Crippen molar-refractivity contribution in [2.24, 2.45) is 0 Å². The van der Waals surface area contributed by atoms with Gasteiger partial charge in [-0.1, -0.05) is 0 Å². The molecule has 0 radical (unpaired) electrons. The standard InChI is InChI=1S/C29H29N7O5S/c1-17-15-36(16-18(2)41-17)29-30-9-7-23(35-29)22-5-4-20-13-31-21(12-25(20)33-22)14-32-28(38)19-3-6-24-26(11-19)42(39,40)10-8-27(37)34-24/h3-7,9,11-13,17-18H,8,10,14-16H2,1-2H3,(H,32,38)(H,34,37)/t17-,18+. The van der Waals surface area contributed by atoms with Gasteiger partial charge in [0.15, 0.2) is 9.84 Å². The van der Waals surface area contributed by atoms with Crippen molar-refractivity contribution < 1.29 is 22.7 Å². The number of ether oxygens (including phenoxy) is 1. The van der Waals surface area contributed by atoms with Gasteiger partial charge in [-0.3, -0.25) is 14.6 Å². The summed E-state index contributed by atoms with van der Waals surface area (Å²) in [6.07, 6.45) is 3.45. The van der Waals surface area contributed by atoms with Gasteiger partial charge in [0, 0.05) is 42.9 Å². The van der Waals surface area contributed by atoms with Gasteiger partial charge in [-0.15, -0.1) is 0 Å². The lowest BCUT2D eigenvalue weighted by Gasteiger charge is -2.35. The summed E-state index contributed by atoms with van der Waals surface area (Å²) in [6.45, 7) is 5.58. The van der Waals surface area contributed by atoms with Crippen LogP contribution in [0.4, 0.5) is 11.6 Å². The fraction of sp³-hybridized carbons (Fsp3) is 0.310. The van der Waals surface area contributed by atoms with E-state index < -0.39 is 15.7 Å². The number of benzene rings is 1. The number of morpholine rings is 1. The highest BCUT2D eigenvalue weighted by Crippen LogP contribution is 2.27. The second-order valence-electron chi connectivity index (χ2n) is 10.5. The highest BCUT2D eigenvalue weighted by atomic mass is 32.2. The molecule has 13 heteroatoms. The van der Waals surface area contributed by atoms with Crippen molar-refractivity contribution in [1.29, 1.82) is 0 Å². The largest absolute Gasteiger partial charge is 0.372 e. The Morgan fingerprint density at radius 1 is 1.05 bits per heavy atom. The molecule has 216 valence electrons. The second kappa shape index (κ2) is 11.1. The molecule has 3 aromatic heterocycles. The molecular weight excluding hydrogens is 558 g/mol. The summed E-state index contributed by atoms with van der Waals surface area (Å²) in [4.78, 5) is 45.3. The molecule has 42 heavy (non-hydrogen) atoms. The van der Waals surface area contributed by atoms with Crippen LogP contribution in [-0.4, -0.2) is 71.2 Å². The summed E-state index contributed by atoms with van der Waals surface area (Å²) in [5.74, 6) is -0.528. The van der Waals surface area contributed by atoms with Crippen LogP contribution in [0.3, 0.4) is 0 Å². The van der Waals surface area contributed by atoms with Gasteiger partial charge in [-0.05, 0) is 56.3 Å². The number of amides is 2. The third-order valence-corrected chi connectivity index (χ3v) is 8.87. The molecule has 0 bridgehead atoms. The molecule has 2 N–H and O–H groups in total. The fourth-order valence-electron chi connectivity index (χ4n) is 5.13. The van der Waals surface area contributed by atoms with Gasteiger partial charge in [-0.2, -0.15) is 0 Å². The van der Waals surface area contributed by atoms with Crippen molar-refractivity contribution in [3.63, 3.8) is 0 Å². The monoisotopic (exact) mass is 587 g/mol. The van der Waals surface area contributed by atoms with Crippen LogP contribution in [0.2, 0.25) is 0 Å². The molecule has 2 aliphatic rings. The number of fused-ring (bicyclic) bond motifs is 2. The lowest BCUT2D eigenvalue weighted by molar-refractivity contribution is -0.115. The van der Waals surface area contributed by atoms with Crippen LogP contribution in [0.5, 0.6) is 0 Å². The number of aromatic nitrogens is 4. The SMILES string of the molecule is C[C@@H]1CN(c2nccc(-c3ccc4cnc(CNC(=O)c5ccc6c(c5)S(=O)(=O)CCC(=O)N6)cc4n3)n2)C[C@H](C)O1. The van der Waals surface area contributed by atoms with Crippen LogP contribution in [-0.2, 0) is 25.9 Å². The Morgan fingerprint density at radius 2 is 1.83 bits per heavy atom. The average molecular weight is 588 g/mol. The predicted molar refractivity (Wildman–Crippen MR) is 156 cm³/mol. The van der Waals surface area contributed by atoms with E-state index in [0.717, 1.165) is 5.39 Å². The number of nitrogens with one attached hydrogen (secondary N) is 2. The maximum atomic E-state index is 12.9. The highest BCUT2D eigenvalue weighted by molar-refractivity contribution is 7.91. The number of pyridine rings is 2. The minimum absolute atomic E-state index is 0.0629. The first kappa shape index (κ1) is 27.7. The van der Waals surface area contributed by atoms with Gasteiger partial charge in [0.25, 0.3) is 5.91 Å². The smallest absolute Gasteiger partial charge is 0.251 e. The highest BCUT2D eigenvalue weighted by Gasteiger charge is 2.27. The number of rotatable bonds is 5. The summed E-state index contributed by atoms with van der Waals surface area (Å²) < 4.78 is 31.1. The van der Waals surface area contributed by atoms with E-state index in [4.69, 9.17) is 14.7 Å². The molecule has 0 unspecified atom stereocenters. The molecule has 0 aliphatic carbocycles. The summed E-state index contributed by atoms with van der Waals surface area (Å²) in [5.41, 5.74) is 2.98. The van der Waals surface area contributed by atoms with E-state index >= 15 is 0 Å². The molecule has 5 heterocycles. The molecule has 1 fully saturated rings. The zero-order valence-electron chi connectivity index (χ0n) is 23.1. The van der Waals surface area contributed by atoms with Crippen molar-refractivity contribution in [1.82, 2.24) is 25.3 Å². The molecule has 1 saturated heterocycles. The second-order valence-corrected chi connectivity index (χ2v) is 12.6. The molecule has 4 aromatic rings. The van der Waals surface area contributed by atoms with Crippen LogP contribution in [0, 0.1) is 0 Å². The first-order valence-electron chi connectivity index (χ1n) is 13.6. The van der Waals surface area contributed by atoms with Crippen molar-refractivity contribution in [2.75, 3.05) is 29.1 Å². The van der Waals surface area contributed by atoms with E-state index in [1.807, 2.05) is 32.0 Å². The van der Waals surface area contributed by atoms with E-state index in [-0.39, 0.29) is 53.0 Å². The Bertz CT molecular complexity index is 1800. The molecular formula is C29H29N7O5S. The van der Waals surface area contributed by atoms with E-state index in [0.29, 0.717) is 41.6 Å². The molecule has 0 spiro atoms. The van der Waals surface area contributed by atoms with Crippen molar-refractivity contribution in [3.05, 3.63) is 66.1 Å². The minimum atomic E-state index is -3.70. The summed E-state index contributed by atoms with van der Waals surface area (Å²) >= 11 is 0. The topological polar surface area (TPSA) is 156 Å². The molecule has 0 saturated carbocycles. The third-order valence-electron chi connectivity index (χ3n) is 7.12. The molecule has 2 amide bonds. The lowest BCUT2D eigenvalue weighted by atomic mass is 10.1. The van der Waals surface area contributed by atoms with E-state index in [1.54, 1.807) is 18.5 Å². The van der Waals surface area contributed by atoms with Crippen LogP contribution in [0.1, 0.15) is 36.3 Å². The molecule has 2 aliphatic heterocycles. The van der Waals surface area contributed by atoms with Crippen LogP contribution < -0.4 is 15.5 Å². The Hall–Kier alpha value is -4.49. The Kier molecular flexibility index (Phi) is 7.29. The number of hydrogen-bond acceptors (Lipinski definition) is 10. The number of carbonyl (C=O) groups excluding carboxylic acids is 2. The Labute approximate surface area is 242 Å². The Morgan fingerprint density at radius 3 is 2.64 bits per heavy atom. The summed E-state index contributed by atoms with van der Waals surface area (Å²) in [5, 5.41) is 6.19. The van der Waals surface area contributed by atoms with Gasteiger partial charge < -0.3 is 20.3 Å². The third kappa shape index (κ3) is 5.78. The summed E-state index contributed by atoms with van der Waals surface area (Å²) in [6, 6.07) is 11.6. The molecule has 6 rings (SSSR count). The van der Waals surface area contributed by atoms with E-state index in [1.165, 1.54) is 18.2 Å². The first-order chi connectivity index (χ1) is 20.1. The number of nitrogens with zero attached hydrogens (tertiary/aromatic N) is 5. The normalized spacial score (nSPS) is 20.0. The van der Waals surface area contributed by atoms with Gasteiger partial charge in [0.1, 0.15) is 0 Å². The number of carbonyl (C=O) groups is 2. The number of hydrogen-bond donors (Lipinski definition) is 2. The average Bonchev–Trinajstić information content (AvgIpc) is 3.09. The number of anilines is 2. The van der Waals surface area contributed by atoms with Gasteiger partial charge in [-0.25, -0.2) is 23.4 Å². The maximum absolute atomic E-state index is 12.9. The Balaban J connectivity index is 1.19. The molecule has 12 nitrogen and oxygen atoms in total. The van der Waals surface area contributed by atoms with Crippen LogP contribution in [0.25, 0.3) is 22.3 Å². The first-order valence-corrected chi connectivity index (χ1v) is 15.2. The maximum Gasteiger partial charge on any atom is 0.251 e. The van der Waals surface area contributed by atoms with Crippen molar-refractivity contribution in [3.8, 4) is 11.4 Å². The number of sulfone groups is 1. The predicted octanol–water partition coefficient (Wildman–Crippen LogP) is 2.75. The quantitative estimate of drug-likeness (QED) is 0.356. The van der Waals surface area contributed by atoms with Gasteiger partial charge in [0.2, 0.25) is 11.9 Å². The van der Waals surface area contributed by atoms with Gasteiger partial charge in [0.05, 0.1) is 57.7 Å². The zero-order valence-corrected chi connectivity index (χ0v) is 23.9.